The molecule has 0 aromatic carbocycles. The lowest BCUT2D eigenvalue weighted by molar-refractivity contribution is 0.0716. The third-order valence-electron chi connectivity index (χ3n) is 5.38. The fourth-order valence-corrected chi connectivity index (χ4v) is 3.94. The zero-order chi connectivity index (χ0) is 19.5. The summed E-state index contributed by atoms with van der Waals surface area (Å²) in [7, 11) is 2.07. The maximum absolute atomic E-state index is 13.3. The van der Waals surface area contributed by atoms with Crippen molar-refractivity contribution in [1.29, 1.82) is 0 Å². The molecule has 4 rings (SSSR count). The smallest absolute Gasteiger partial charge is 0.274 e. The molecule has 1 saturated heterocycles. The third-order valence-corrected chi connectivity index (χ3v) is 5.38. The van der Waals surface area contributed by atoms with Crippen molar-refractivity contribution < 1.29 is 4.79 Å². The van der Waals surface area contributed by atoms with Gasteiger partial charge in [0.1, 0.15) is 5.65 Å². The predicted molar refractivity (Wildman–Crippen MR) is 109 cm³/mol. The van der Waals surface area contributed by atoms with E-state index in [-0.39, 0.29) is 5.91 Å². The Morgan fingerprint density at radius 3 is 2.71 bits per heavy atom. The van der Waals surface area contributed by atoms with Crippen LogP contribution in [0.5, 0.6) is 0 Å². The molecule has 1 fully saturated rings. The minimum atomic E-state index is 0.0626. The molecule has 3 aromatic rings. The second-order valence-corrected chi connectivity index (χ2v) is 7.68. The van der Waals surface area contributed by atoms with Gasteiger partial charge >= 0.3 is 0 Å². The summed E-state index contributed by atoms with van der Waals surface area (Å²) in [6.07, 6.45) is 9.04. The maximum atomic E-state index is 13.3. The molecule has 0 spiro atoms. The number of aromatic nitrogens is 3. The third kappa shape index (κ3) is 3.78. The molecule has 1 aliphatic heterocycles. The van der Waals surface area contributed by atoms with Gasteiger partial charge in [0.05, 0.1) is 5.69 Å². The Labute approximate surface area is 165 Å². The van der Waals surface area contributed by atoms with Gasteiger partial charge in [-0.25, -0.2) is 4.98 Å². The van der Waals surface area contributed by atoms with Gasteiger partial charge in [-0.2, -0.15) is 0 Å². The van der Waals surface area contributed by atoms with E-state index in [1.807, 2.05) is 42.4 Å². The summed E-state index contributed by atoms with van der Waals surface area (Å²) in [5, 5.41) is 0. The molecular weight excluding hydrogens is 350 g/mol. The first-order valence-corrected chi connectivity index (χ1v) is 9.97. The zero-order valence-corrected chi connectivity index (χ0v) is 16.6. The molecule has 1 aliphatic rings. The van der Waals surface area contributed by atoms with Gasteiger partial charge in [0.15, 0.2) is 5.69 Å². The average molecular weight is 377 g/mol. The summed E-state index contributed by atoms with van der Waals surface area (Å²) in [5.41, 5.74) is 4.65. The first kappa shape index (κ1) is 18.6. The number of nitrogens with zero attached hydrogens (tertiary/aromatic N) is 5. The Hall–Kier alpha value is -2.73. The van der Waals surface area contributed by atoms with E-state index in [4.69, 9.17) is 4.98 Å². The Morgan fingerprint density at radius 1 is 1.14 bits per heavy atom. The van der Waals surface area contributed by atoms with Crippen LogP contribution in [0.25, 0.3) is 5.65 Å². The minimum Gasteiger partial charge on any atom is -0.337 e. The van der Waals surface area contributed by atoms with Gasteiger partial charge in [-0.3, -0.25) is 14.7 Å². The fraction of sp³-hybridized carbons (Fsp3) is 0.409. The highest BCUT2D eigenvalue weighted by atomic mass is 16.2. The number of fused-ring (bicyclic) bond motifs is 1. The first-order chi connectivity index (χ1) is 13.6. The molecule has 0 aliphatic carbocycles. The molecule has 0 atom stereocenters. The van der Waals surface area contributed by atoms with Gasteiger partial charge in [0.2, 0.25) is 0 Å². The highest BCUT2D eigenvalue weighted by molar-refractivity contribution is 5.94. The van der Waals surface area contributed by atoms with Gasteiger partial charge in [-0.05, 0) is 56.5 Å². The topological polar surface area (TPSA) is 53.7 Å². The molecule has 0 bridgehead atoms. The van der Waals surface area contributed by atoms with E-state index in [2.05, 4.69) is 27.4 Å². The van der Waals surface area contributed by atoms with Crippen LogP contribution in [-0.4, -0.2) is 50.2 Å². The lowest BCUT2D eigenvalue weighted by atomic mass is 10.1. The van der Waals surface area contributed by atoms with Gasteiger partial charge < -0.3 is 9.30 Å². The largest absolute Gasteiger partial charge is 0.337 e. The molecule has 0 saturated carbocycles. The molecule has 6 nitrogen and oxygen atoms in total. The Balaban J connectivity index is 1.66. The van der Waals surface area contributed by atoms with E-state index < -0.39 is 0 Å². The number of rotatable bonds is 5. The Kier molecular flexibility index (Phi) is 5.39. The van der Waals surface area contributed by atoms with Crippen LogP contribution >= 0.6 is 0 Å². The van der Waals surface area contributed by atoms with E-state index in [1.54, 1.807) is 6.20 Å². The molecule has 6 heteroatoms. The number of aryl methyl sites for hydroxylation is 1. The summed E-state index contributed by atoms with van der Waals surface area (Å²) >= 11 is 0. The highest BCUT2D eigenvalue weighted by Gasteiger charge is 2.26. The van der Waals surface area contributed by atoms with E-state index in [1.165, 1.54) is 6.42 Å². The molecule has 4 heterocycles. The second kappa shape index (κ2) is 8.10. The number of carbonyl (C=O) groups excluding carboxylic acids is 1. The van der Waals surface area contributed by atoms with Crippen molar-refractivity contribution in [2.75, 3.05) is 20.1 Å². The molecule has 1 amide bonds. The van der Waals surface area contributed by atoms with Crippen molar-refractivity contribution in [3.05, 3.63) is 65.4 Å². The Morgan fingerprint density at radius 2 is 1.96 bits per heavy atom. The number of hydrogen-bond acceptors (Lipinski definition) is 4. The van der Waals surface area contributed by atoms with Crippen LogP contribution in [0.1, 0.15) is 46.6 Å². The van der Waals surface area contributed by atoms with Gasteiger partial charge in [-0.1, -0.05) is 12.1 Å². The fourth-order valence-electron chi connectivity index (χ4n) is 3.94. The summed E-state index contributed by atoms with van der Waals surface area (Å²) in [5.74, 6) is 0.0626. The number of hydrogen-bond donors (Lipinski definition) is 0. The SMILES string of the molecule is Cc1cccn2c(CN(C)Cc3cccnc3)c(C(=O)N3CCCCC3)nc12. The minimum absolute atomic E-state index is 0.0626. The van der Waals surface area contributed by atoms with Crippen molar-refractivity contribution in [2.24, 2.45) is 0 Å². The van der Waals surface area contributed by atoms with Crippen molar-refractivity contribution in [1.82, 2.24) is 24.2 Å². The monoisotopic (exact) mass is 377 g/mol. The lowest BCUT2D eigenvalue weighted by Crippen LogP contribution is -2.36. The van der Waals surface area contributed by atoms with Gasteiger partial charge in [-0.15, -0.1) is 0 Å². The molecule has 0 unspecified atom stereocenters. The van der Waals surface area contributed by atoms with Crippen LogP contribution in [0.15, 0.2) is 42.9 Å². The van der Waals surface area contributed by atoms with Crippen molar-refractivity contribution in [2.45, 2.75) is 39.3 Å². The predicted octanol–water partition coefficient (Wildman–Crippen LogP) is 3.30. The summed E-state index contributed by atoms with van der Waals surface area (Å²) in [4.78, 5) is 26.4. The number of amides is 1. The highest BCUT2D eigenvalue weighted by Crippen LogP contribution is 2.21. The number of likely N-dealkylation sites (tertiary alicyclic amines) is 1. The normalized spacial score (nSPS) is 14.8. The summed E-state index contributed by atoms with van der Waals surface area (Å²) < 4.78 is 2.08. The summed E-state index contributed by atoms with van der Waals surface area (Å²) in [6, 6.07) is 8.08. The maximum Gasteiger partial charge on any atom is 0.274 e. The first-order valence-electron chi connectivity index (χ1n) is 9.97. The van der Waals surface area contributed by atoms with Crippen molar-refractivity contribution in [3.8, 4) is 0 Å². The van der Waals surface area contributed by atoms with E-state index >= 15 is 0 Å². The zero-order valence-electron chi connectivity index (χ0n) is 16.6. The molecule has 3 aromatic heterocycles. The van der Waals surface area contributed by atoms with Gasteiger partial charge in [0, 0.05) is 44.8 Å². The number of pyridine rings is 2. The number of carbonyl (C=O) groups is 1. The van der Waals surface area contributed by atoms with Crippen LogP contribution in [-0.2, 0) is 13.1 Å². The van der Waals surface area contributed by atoms with E-state index in [0.717, 1.165) is 54.9 Å². The number of imidazole rings is 1. The van der Waals surface area contributed by atoms with Crippen LogP contribution < -0.4 is 0 Å². The standard InChI is InChI=1S/C22H27N5O/c1-17-8-7-13-27-19(16-25(2)15-18-9-6-10-23-14-18)20(24-21(17)27)22(28)26-11-4-3-5-12-26/h6-10,13-14H,3-5,11-12,15-16H2,1-2H3. The molecule has 146 valence electrons. The molecular formula is C22H27N5O. The lowest BCUT2D eigenvalue weighted by Gasteiger charge is -2.26. The molecule has 28 heavy (non-hydrogen) atoms. The van der Waals surface area contributed by atoms with Crippen LogP contribution in [0.2, 0.25) is 0 Å². The van der Waals surface area contributed by atoms with Crippen LogP contribution in [0.4, 0.5) is 0 Å². The summed E-state index contributed by atoms with van der Waals surface area (Å²) in [6.45, 7) is 5.12. The Bertz CT molecular complexity index is 960. The quantitative estimate of drug-likeness (QED) is 0.685. The average Bonchev–Trinajstić information content (AvgIpc) is 3.08. The molecule has 0 radical (unpaired) electrons. The van der Waals surface area contributed by atoms with Crippen molar-refractivity contribution >= 4 is 11.6 Å². The van der Waals surface area contributed by atoms with Crippen LogP contribution in [0.3, 0.4) is 0 Å². The second-order valence-electron chi connectivity index (χ2n) is 7.68. The van der Waals surface area contributed by atoms with E-state index in [9.17, 15) is 4.79 Å². The van der Waals surface area contributed by atoms with E-state index in [0.29, 0.717) is 12.2 Å². The van der Waals surface area contributed by atoms with Crippen molar-refractivity contribution in [3.63, 3.8) is 0 Å². The molecule has 0 N–H and O–H groups in total. The van der Waals surface area contributed by atoms with Gasteiger partial charge in [0.25, 0.3) is 5.91 Å². The number of piperidine rings is 1. The van der Waals surface area contributed by atoms with Crippen LogP contribution in [0, 0.1) is 6.92 Å².